The van der Waals surface area contributed by atoms with Crippen molar-refractivity contribution in [2.75, 3.05) is 12.4 Å². The largest absolute Gasteiger partial charge is 0.495 e. The molecular weight excluding hydrogens is 326 g/mol. The van der Waals surface area contributed by atoms with Crippen molar-refractivity contribution in [3.05, 3.63) is 29.5 Å². The first-order valence-corrected chi connectivity index (χ1v) is 6.92. The fraction of sp³-hybridized carbons (Fsp3) is 0.308. The van der Waals surface area contributed by atoms with Crippen LogP contribution in [-0.4, -0.2) is 45.3 Å². The van der Waals surface area contributed by atoms with E-state index in [4.69, 9.17) is 21.1 Å². The lowest BCUT2D eigenvalue weighted by molar-refractivity contribution is -0.153. The van der Waals surface area contributed by atoms with E-state index in [1.54, 1.807) is 12.1 Å². The molecule has 1 aromatic heterocycles. The minimum atomic E-state index is -1.01. The average Bonchev–Trinajstić information content (AvgIpc) is 3.00. The van der Waals surface area contributed by atoms with Gasteiger partial charge < -0.3 is 14.8 Å². The van der Waals surface area contributed by atoms with Crippen molar-refractivity contribution < 1.29 is 19.1 Å². The molecule has 0 fully saturated rings. The lowest BCUT2D eigenvalue weighted by Crippen LogP contribution is -2.31. The summed E-state index contributed by atoms with van der Waals surface area (Å²) in [4.78, 5) is 23.8. The van der Waals surface area contributed by atoms with Gasteiger partial charge in [-0.05, 0) is 35.5 Å². The zero-order valence-corrected chi connectivity index (χ0v) is 13.1. The quantitative estimate of drug-likeness (QED) is 0.779. The van der Waals surface area contributed by atoms with Crippen molar-refractivity contribution in [3.8, 4) is 5.75 Å². The highest BCUT2D eigenvalue weighted by Gasteiger charge is 2.19. The highest BCUT2D eigenvalue weighted by Crippen LogP contribution is 2.27. The molecule has 0 saturated heterocycles. The molecule has 122 valence electrons. The number of nitrogens with one attached hydrogen (secondary N) is 1. The monoisotopic (exact) mass is 339 g/mol. The van der Waals surface area contributed by atoms with Crippen LogP contribution >= 0.6 is 11.6 Å². The third-order valence-electron chi connectivity index (χ3n) is 2.78. The van der Waals surface area contributed by atoms with Crippen LogP contribution in [0.4, 0.5) is 5.69 Å². The van der Waals surface area contributed by atoms with Crippen LogP contribution in [0.1, 0.15) is 6.92 Å². The second-order valence-electron chi connectivity index (χ2n) is 4.47. The van der Waals surface area contributed by atoms with Crippen molar-refractivity contribution in [3.63, 3.8) is 0 Å². The molecule has 0 aliphatic carbocycles. The third-order valence-corrected chi connectivity index (χ3v) is 3.01. The Kier molecular flexibility index (Phi) is 5.47. The summed E-state index contributed by atoms with van der Waals surface area (Å²) in [5.41, 5.74) is 0.383. The standard InChI is InChI=1S/C13H14ClN5O4/c1-8(23-12(20)6-19-7-15-17-18-19)13(21)16-10-5-9(14)3-4-11(10)22-2/h3-5,7-8H,6H2,1-2H3,(H,16,21)/t8-/m1/s1. The molecular formula is C13H14ClN5O4. The molecule has 0 radical (unpaired) electrons. The molecule has 1 atom stereocenters. The van der Waals surface area contributed by atoms with E-state index in [0.717, 1.165) is 0 Å². The maximum absolute atomic E-state index is 12.1. The number of esters is 1. The number of halogens is 1. The molecule has 2 aromatic rings. The zero-order chi connectivity index (χ0) is 16.8. The summed E-state index contributed by atoms with van der Waals surface area (Å²) in [5, 5.41) is 13.3. The van der Waals surface area contributed by atoms with Crippen molar-refractivity contribution >= 4 is 29.2 Å². The van der Waals surface area contributed by atoms with E-state index in [2.05, 4.69) is 20.8 Å². The zero-order valence-electron chi connectivity index (χ0n) is 12.4. The van der Waals surface area contributed by atoms with Crippen molar-refractivity contribution in [2.45, 2.75) is 19.6 Å². The first-order valence-electron chi connectivity index (χ1n) is 6.54. The van der Waals surface area contributed by atoms with Gasteiger partial charge in [-0.3, -0.25) is 9.59 Å². The van der Waals surface area contributed by atoms with Crippen LogP contribution in [0.3, 0.4) is 0 Å². The van der Waals surface area contributed by atoms with Crippen LogP contribution in [0.5, 0.6) is 5.75 Å². The van der Waals surface area contributed by atoms with Gasteiger partial charge in [0.25, 0.3) is 5.91 Å². The van der Waals surface area contributed by atoms with Crippen molar-refractivity contribution in [1.29, 1.82) is 0 Å². The smallest absolute Gasteiger partial charge is 0.328 e. The summed E-state index contributed by atoms with van der Waals surface area (Å²) in [6.07, 6.45) is 0.255. The number of benzene rings is 1. The summed E-state index contributed by atoms with van der Waals surface area (Å²) in [6, 6.07) is 4.78. The van der Waals surface area contributed by atoms with Crippen LogP contribution in [0, 0.1) is 0 Å². The number of methoxy groups -OCH3 is 1. The van der Waals surface area contributed by atoms with Gasteiger partial charge in [-0.2, -0.15) is 0 Å². The summed E-state index contributed by atoms with van der Waals surface area (Å²) in [7, 11) is 1.47. The summed E-state index contributed by atoms with van der Waals surface area (Å²) < 4.78 is 11.3. The van der Waals surface area contributed by atoms with E-state index >= 15 is 0 Å². The molecule has 10 heteroatoms. The molecule has 0 unspecified atom stereocenters. The van der Waals surface area contributed by atoms with Gasteiger partial charge in [0, 0.05) is 5.02 Å². The van der Waals surface area contributed by atoms with Crippen molar-refractivity contribution in [2.24, 2.45) is 0 Å². The first-order chi connectivity index (χ1) is 11.0. The van der Waals surface area contributed by atoms with E-state index in [1.807, 2.05) is 0 Å². The second-order valence-corrected chi connectivity index (χ2v) is 4.91. The van der Waals surface area contributed by atoms with Crippen LogP contribution in [-0.2, 0) is 20.9 Å². The molecule has 1 amide bonds. The summed E-state index contributed by atoms with van der Waals surface area (Å²) >= 11 is 5.89. The van der Waals surface area contributed by atoms with Crippen molar-refractivity contribution in [1.82, 2.24) is 20.2 Å². The molecule has 0 spiro atoms. The Labute approximate surface area is 136 Å². The number of hydrogen-bond donors (Lipinski definition) is 1. The molecule has 1 N–H and O–H groups in total. The number of anilines is 1. The topological polar surface area (TPSA) is 108 Å². The Hall–Kier alpha value is -2.68. The van der Waals surface area contributed by atoms with E-state index in [9.17, 15) is 9.59 Å². The fourth-order valence-electron chi connectivity index (χ4n) is 1.69. The van der Waals surface area contributed by atoms with Crippen LogP contribution in [0.15, 0.2) is 24.5 Å². The number of aromatic nitrogens is 4. The van der Waals surface area contributed by atoms with E-state index in [-0.39, 0.29) is 6.54 Å². The SMILES string of the molecule is COc1ccc(Cl)cc1NC(=O)[C@@H](C)OC(=O)Cn1cnnn1. The number of rotatable bonds is 6. The Morgan fingerprint density at radius 3 is 2.87 bits per heavy atom. The maximum Gasteiger partial charge on any atom is 0.328 e. The molecule has 1 heterocycles. The van der Waals surface area contributed by atoms with Gasteiger partial charge in [0.2, 0.25) is 0 Å². The van der Waals surface area contributed by atoms with E-state index < -0.39 is 18.0 Å². The first kappa shape index (κ1) is 16.7. The van der Waals surface area contributed by atoms with Gasteiger partial charge >= 0.3 is 5.97 Å². The molecule has 0 bridgehead atoms. The van der Waals surface area contributed by atoms with Crippen LogP contribution < -0.4 is 10.1 Å². The molecule has 9 nitrogen and oxygen atoms in total. The average molecular weight is 340 g/mol. The summed E-state index contributed by atoms with van der Waals surface area (Å²) in [6.45, 7) is 1.26. The second kappa shape index (κ2) is 7.54. The number of carbonyl (C=O) groups excluding carboxylic acids is 2. The fourth-order valence-corrected chi connectivity index (χ4v) is 1.86. The third kappa shape index (κ3) is 4.65. The Morgan fingerprint density at radius 1 is 1.43 bits per heavy atom. The van der Waals surface area contributed by atoms with Crippen LogP contribution in [0.25, 0.3) is 0 Å². The van der Waals surface area contributed by atoms with Gasteiger partial charge in [-0.1, -0.05) is 11.6 Å². The molecule has 0 aliphatic rings. The lowest BCUT2D eigenvalue weighted by atomic mass is 10.2. The number of nitrogens with zero attached hydrogens (tertiary/aromatic N) is 4. The number of carbonyl (C=O) groups is 2. The highest BCUT2D eigenvalue weighted by molar-refractivity contribution is 6.31. The van der Waals surface area contributed by atoms with Gasteiger partial charge in [-0.15, -0.1) is 5.10 Å². The summed E-state index contributed by atoms with van der Waals surface area (Å²) in [5.74, 6) is -0.719. The number of tetrazole rings is 1. The lowest BCUT2D eigenvalue weighted by Gasteiger charge is -2.15. The molecule has 0 aliphatic heterocycles. The molecule has 0 saturated carbocycles. The van der Waals surface area contributed by atoms with Crippen LogP contribution in [0.2, 0.25) is 5.02 Å². The Balaban J connectivity index is 1.94. The normalized spacial score (nSPS) is 11.6. The van der Waals surface area contributed by atoms with E-state index in [1.165, 1.54) is 31.1 Å². The van der Waals surface area contributed by atoms with Gasteiger partial charge in [0.05, 0.1) is 12.8 Å². The molecule has 1 aromatic carbocycles. The van der Waals surface area contributed by atoms with Gasteiger partial charge in [-0.25, -0.2) is 4.68 Å². The predicted octanol–water partition coefficient (Wildman–Crippen LogP) is 0.905. The predicted molar refractivity (Wildman–Crippen MR) is 80.0 cm³/mol. The number of amides is 1. The maximum atomic E-state index is 12.1. The van der Waals surface area contributed by atoms with Gasteiger partial charge in [0.1, 0.15) is 18.6 Å². The molecule has 2 rings (SSSR count). The van der Waals surface area contributed by atoms with Gasteiger partial charge in [0.15, 0.2) is 6.10 Å². The van der Waals surface area contributed by atoms with E-state index in [0.29, 0.717) is 16.5 Å². The minimum absolute atomic E-state index is 0.189. The Bertz CT molecular complexity index is 692. The number of ether oxygens (including phenoxy) is 2. The minimum Gasteiger partial charge on any atom is -0.495 e. The highest BCUT2D eigenvalue weighted by atomic mass is 35.5. The Morgan fingerprint density at radius 2 is 2.22 bits per heavy atom. The number of hydrogen-bond acceptors (Lipinski definition) is 7. The molecule has 23 heavy (non-hydrogen) atoms.